The first-order valence-corrected chi connectivity index (χ1v) is 11.5. The first kappa shape index (κ1) is 35.5. The monoisotopic (exact) mass is 648 g/mol. The fraction of sp³-hybridized carbons (Fsp3) is 0.435. The molecule has 3 rings (SSSR count). The maximum Gasteiger partial charge on any atom is 1.00 e. The van der Waals surface area contributed by atoms with E-state index in [4.69, 9.17) is 15.6 Å². The number of carbonyl (C=O) groups is 1. The van der Waals surface area contributed by atoms with Gasteiger partial charge in [-0.15, -0.1) is 0 Å². The maximum absolute atomic E-state index is 11.0. The SMILES string of the molecule is C[CH-]CC(F)(F)F.NC(=O)OCC1CC(c2cnc(Nc3ccc(SNCCO)cc3)nc2)C1.[CH3-].[Cs+]. The summed E-state index contributed by atoms with van der Waals surface area (Å²) in [6.07, 6.45) is 1.16. The number of nitrogens with one attached hydrogen (secondary N) is 2. The van der Waals surface area contributed by atoms with Gasteiger partial charge in [-0.1, -0.05) is 6.42 Å². The van der Waals surface area contributed by atoms with Crippen LogP contribution in [-0.2, 0) is 4.74 Å². The Morgan fingerprint density at radius 1 is 1.25 bits per heavy atom. The predicted octanol–water partition coefficient (Wildman–Crippen LogP) is 2.02. The van der Waals surface area contributed by atoms with E-state index in [1.54, 1.807) is 0 Å². The first-order valence-electron chi connectivity index (χ1n) is 10.7. The van der Waals surface area contributed by atoms with Gasteiger partial charge in [0.1, 0.15) is 0 Å². The second-order valence-corrected chi connectivity index (χ2v) is 8.57. The molecule has 1 heterocycles. The Balaban J connectivity index is 0.00000120. The molecule has 1 aliphatic rings. The summed E-state index contributed by atoms with van der Waals surface area (Å²) in [5, 5.41) is 11.9. The summed E-state index contributed by atoms with van der Waals surface area (Å²) in [5.41, 5.74) is 6.98. The number of aromatic nitrogens is 2. The van der Waals surface area contributed by atoms with Crippen LogP contribution in [0.5, 0.6) is 0 Å². The Morgan fingerprint density at radius 3 is 2.33 bits per heavy atom. The number of anilines is 2. The van der Waals surface area contributed by atoms with Crippen molar-refractivity contribution in [2.75, 3.05) is 25.1 Å². The van der Waals surface area contributed by atoms with Crippen LogP contribution >= 0.6 is 11.9 Å². The molecular formula is C23H32CsF3N5O3S-. The van der Waals surface area contributed by atoms with E-state index in [9.17, 15) is 18.0 Å². The van der Waals surface area contributed by atoms with Crippen LogP contribution in [0.4, 0.5) is 29.6 Å². The number of hydrogen-bond acceptors (Lipinski definition) is 8. The molecule has 1 saturated carbocycles. The van der Waals surface area contributed by atoms with Crippen molar-refractivity contribution in [2.45, 2.75) is 43.2 Å². The number of halogens is 3. The third-order valence-electron chi connectivity index (χ3n) is 4.79. The Hall–Kier alpha value is -0.518. The Labute approximate surface area is 273 Å². The van der Waals surface area contributed by atoms with Crippen molar-refractivity contribution in [1.82, 2.24) is 14.7 Å². The quantitative estimate of drug-likeness (QED) is 0.176. The number of hydrogen-bond donors (Lipinski definition) is 4. The summed E-state index contributed by atoms with van der Waals surface area (Å²) in [6, 6.07) is 7.87. The number of primary amides is 1. The van der Waals surface area contributed by atoms with Crippen LogP contribution in [0.1, 0.15) is 37.7 Å². The van der Waals surface area contributed by atoms with E-state index in [0.717, 1.165) is 35.4 Å². The largest absolute Gasteiger partial charge is 1.00 e. The minimum absolute atomic E-state index is 0. The van der Waals surface area contributed by atoms with Gasteiger partial charge in [0.2, 0.25) is 5.95 Å². The molecule has 13 heteroatoms. The van der Waals surface area contributed by atoms with E-state index in [2.05, 4.69) is 20.0 Å². The summed E-state index contributed by atoms with van der Waals surface area (Å²) in [7, 11) is 0. The zero-order chi connectivity index (χ0) is 25.0. The van der Waals surface area contributed by atoms with Gasteiger partial charge < -0.3 is 34.7 Å². The van der Waals surface area contributed by atoms with Crippen LogP contribution in [0.2, 0.25) is 0 Å². The average Bonchev–Trinajstić information content (AvgIpc) is 2.74. The number of amides is 1. The molecule has 0 aliphatic heterocycles. The number of benzene rings is 1. The zero-order valence-electron chi connectivity index (χ0n) is 20.7. The first-order chi connectivity index (χ1) is 16.2. The molecule has 36 heavy (non-hydrogen) atoms. The van der Waals surface area contributed by atoms with Crippen LogP contribution in [0.3, 0.4) is 0 Å². The number of aliphatic hydroxyl groups is 1. The van der Waals surface area contributed by atoms with Crippen LogP contribution < -0.4 is 84.7 Å². The van der Waals surface area contributed by atoms with Crippen molar-refractivity contribution in [1.29, 1.82) is 0 Å². The normalized spacial score (nSPS) is 16.2. The summed E-state index contributed by atoms with van der Waals surface area (Å²) < 4.78 is 41.0. The van der Waals surface area contributed by atoms with Gasteiger partial charge in [-0.3, -0.25) is 4.72 Å². The standard InChI is InChI=1S/C18H23N5O3S.C4H6F3.CH3.Cs/c19-17(25)26-11-12-7-13(8-12)14-9-20-18(21-10-14)23-15-1-3-16(4-2-15)27-22-5-6-24;1-2-3-4(5,6)7;;/h1-4,9-10,12-13,22,24H,5-8,11H2,(H2,19,25)(H,20,21,23);2H,3H2,1H3;1H3;/q;2*-1;+1. The van der Waals surface area contributed by atoms with Gasteiger partial charge >= 0.3 is 81.2 Å². The third kappa shape index (κ3) is 14.4. The molecule has 0 unspecified atom stereocenters. The second kappa shape index (κ2) is 18.7. The Morgan fingerprint density at radius 2 is 1.86 bits per heavy atom. The van der Waals surface area contributed by atoms with Crippen molar-refractivity contribution in [3.8, 4) is 0 Å². The molecule has 196 valence electrons. The van der Waals surface area contributed by atoms with Gasteiger partial charge in [0.05, 0.1) is 13.2 Å². The number of rotatable bonds is 10. The van der Waals surface area contributed by atoms with E-state index in [-0.39, 0.29) is 82.9 Å². The summed E-state index contributed by atoms with van der Waals surface area (Å²) in [4.78, 5) is 20.5. The van der Waals surface area contributed by atoms with Crippen LogP contribution in [-0.4, -0.2) is 47.1 Å². The molecule has 1 fully saturated rings. The van der Waals surface area contributed by atoms with Crippen molar-refractivity contribution < 1.29 is 96.7 Å². The van der Waals surface area contributed by atoms with Crippen molar-refractivity contribution in [3.63, 3.8) is 0 Å². The number of aliphatic hydroxyl groups excluding tert-OH is 1. The number of nitrogens with zero attached hydrogens (tertiary/aromatic N) is 2. The fourth-order valence-corrected chi connectivity index (χ4v) is 3.74. The van der Waals surface area contributed by atoms with Gasteiger partial charge in [-0.25, -0.2) is 14.8 Å². The van der Waals surface area contributed by atoms with Crippen molar-refractivity contribution in [2.24, 2.45) is 11.7 Å². The molecule has 5 N–H and O–H groups in total. The molecule has 0 saturated heterocycles. The van der Waals surface area contributed by atoms with Crippen LogP contribution in [0, 0.1) is 19.8 Å². The van der Waals surface area contributed by atoms with Gasteiger partial charge in [0.15, 0.2) is 0 Å². The summed E-state index contributed by atoms with van der Waals surface area (Å²) in [5.74, 6) is 1.32. The predicted molar refractivity (Wildman–Crippen MR) is 131 cm³/mol. The Kier molecular flexibility index (Phi) is 18.4. The average molecular weight is 649 g/mol. The number of ether oxygens (including phenoxy) is 1. The van der Waals surface area contributed by atoms with Gasteiger partial charge in [-0.2, -0.15) is 20.1 Å². The molecule has 1 aromatic heterocycles. The Bertz CT molecular complexity index is 871. The molecule has 0 spiro atoms. The smallest absolute Gasteiger partial charge is 0.449 e. The number of nitrogens with two attached hydrogens (primary N) is 1. The molecule has 0 atom stereocenters. The zero-order valence-corrected chi connectivity index (χ0v) is 27.8. The molecule has 1 aromatic carbocycles. The van der Waals surface area contributed by atoms with Crippen LogP contribution in [0.15, 0.2) is 41.6 Å². The molecule has 1 amide bonds. The third-order valence-corrected chi connectivity index (χ3v) is 5.65. The molecule has 0 bridgehead atoms. The van der Waals surface area contributed by atoms with Gasteiger partial charge in [-0.05, 0) is 66.5 Å². The minimum atomic E-state index is -4.01. The fourth-order valence-electron chi connectivity index (χ4n) is 3.10. The van der Waals surface area contributed by atoms with E-state index in [1.165, 1.54) is 18.9 Å². The van der Waals surface area contributed by atoms with Gasteiger partial charge in [0.25, 0.3) is 0 Å². The number of alkyl halides is 3. The second-order valence-electron chi connectivity index (χ2n) is 7.60. The summed E-state index contributed by atoms with van der Waals surface area (Å²) in [6.45, 7) is 2.43. The van der Waals surface area contributed by atoms with Gasteiger partial charge in [0, 0.05) is 29.5 Å². The molecule has 8 nitrogen and oxygen atoms in total. The van der Waals surface area contributed by atoms with E-state index < -0.39 is 18.7 Å². The molecule has 2 aromatic rings. The van der Waals surface area contributed by atoms with Crippen LogP contribution in [0.25, 0.3) is 0 Å². The molecular weight excluding hydrogens is 616 g/mol. The van der Waals surface area contributed by atoms with E-state index in [0.29, 0.717) is 30.9 Å². The van der Waals surface area contributed by atoms with Crippen molar-refractivity contribution in [3.05, 3.63) is 56.1 Å². The topological polar surface area (TPSA) is 122 Å². The summed E-state index contributed by atoms with van der Waals surface area (Å²) >= 11 is 1.48. The maximum atomic E-state index is 11.0. The molecule has 1 aliphatic carbocycles. The van der Waals surface area contributed by atoms with E-state index in [1.807, 2.05) is 36.7 Å². The van der Waals surface area contributed by atoms with E-state index >= 15 is 0 Å². The number of carbonyl (C=O) groups excluding carboxylic acids is 1. The van der Waals surface area contributed by atoms with Crippen molar-refractivity contribution >= 4 is 29.7 Å². The molecule has 0 radical (unpaired) electrons. The minimum Gasteiger partial charge on any atom is -0.449 e.